The third kappa shape index (κ3) is 4.17. The molecule has 1 nitrogen and oxygen atoms in total. The molecule has 0 aromatic heterocycles. The molecule has 2 aliphatic rings. The number of nitrogens with zero attached hydrogens (tertiary/aromatic N) is 1. The molecule has 1 unspecified atom stereocenters. The summed E-state index contributed by atoms with van der Waals surface area (Å²) in [5.74, 6) is 0.406. The van der Waals surface area contributed by atoms with Crippen molar-refractivity contribution in [2.24, 2.45) is 0 Å². The maximum absolute atomic E-state index is 2.49. The summed E-state index contributed by atoms with van der Waals surface area (Å²) in [5.41, 5.74) is 15.1. The maximum atomic E-state index is 2.49. The number of hydrogen-bond acceptors (Lipinski definition) is 1. The van der Waals surface area contributed by atoms with Crippen LogP contribution >= 0.6 is 0 Å². The van der Waals surface area contributed by atoms with Crippen LogP contribution in [0.3, 0.4) is 0 Å². The number of benzene rings is 7. The summed E-state index contributed by atoms with van der Waals surface area (Å²) in [4.78, 5) is 2.40. The average molecular weight is 616 g/mol. The minimum absolute atomic E-state index is 0.406. The predicted octanol–water partition coefficient (Wildman–Crippen LogP) is 12.5. The zero-order valence-corrected chi connectivity index (χ0v) is 27.4. The zero-order valence-electron chi connectivity index (χ0n) is 27.4. The third-order valence-electron chi connectivity index (χ3n) is 10.6. The monoisotopic (exact) mass is 615 g/mol. The van der Waals surface area contributed by atoms with Gasteiger partial charge in [-0.15, -0.1) is 0 Å². The van der Waals surface area contributed by atoms with Gasteiger partial charge in [0.15, 0.2) is 0 Å². The second kappa shape index (κ2) is 11.2. The van der Waals surface area contributed by atoms with Gasteiger partial charge >= 0.3 is 0 Å². The van der Waals surface area contributed by atoms with E-state index in [1.54, 1.807) is 0 Å². The quantitative estimate of drug-likeness (QED) is 0.186. The zero-order chi connectivity index (χ0) is 32.2. The van der Waals surface area contributed by atoms with E-state index in [1.165, 1.54) is 60.8 Å². The fourth-order valence-electron chi connectivity index (χ4n) is 8.59. The fraction of sp³-hybridized carbons (Fsp3) is 0.106. The Bertz CT molecular complexity index is 2240. The van der Waals surface area contributed by atoms with Crippen LogP contribution in [-0.4, -0.2) is 0 Å². The molecule has 2 aliphatic carbocycles. The second-order valence-electron chi connectivity index (χ2n) is 13.4. The molecule has 0 saturated carbocycles. The average Bonchev–Trinajstić information content (AvgIpc) is 3.44. The van der Waals surface area contributed by atoms with Crippen molar-refractivity contribution in [1.29, 1.82) is 0 Å². The first-order valence-electron chi connectivity index (χ1n) is 17.1. The third-order valence-corrected chi connectivity index (χ3v) is 10.6. The Labute approximate surface area is 283 Å². The SMILES string of the molecule is Cc1ccc2c3c(c4c(c2c1)C=CCC4C)-c1ccc(N(c2ccccc2)c2ccccc2)cc1C3(c1ccccc1)c1ccccc1. The van der Waals surface area contributed by atoms with Crippen LogP contribution in [0, 0.1) is 6.92 Å². The summed E-state index contributed by atoms with van der Waals surface area (Å²) in [6, 6.07) is 58.3. The first-order valence-corrected chi connectivity index (χ1v) is 17.1. The van der Waals surface area contributed by atoms with Gasteiger partial charge < -0.3 is 4.90 Å². The van der Waals surface area contributed by atoms with Gasteiger partial charge in [0.05, 0.1) is 5.41 Å². The molecular weight excluding hydrogens is 579 g/mol. The van der Waals surface area contributed by atoms with E-state index < -0.39 is 5.41 Å². The van der Waals surface area contributed by atoms with Crippen LogP contribution in [0.15, 0.2) is 164 Å². The van der Waals surface area contributed by atoms with Gasteiger partial charge in [0.1, 0.15) is 0 Å². The van der Waals surface area contributed by atoms with Gasteiger partial charge in [-0.1, -0.05) is 146 Å². The van der Waals surface area contributed by atoms with Crippen molar-refractivity contribution in [2.75, 3.05) is 4.90 Å². The molecule has 1 heteroatoms. The molecule has 0 spiro atoms. The van der Waals surface area contributed by atoms with E-state index in [2.05, 4.69) is 189 Å². The molecule has 230 valence electrons. The van der Waals surface area contributed by atoms with Crippen LogP contribution < -0.4 is 4.90 Å². The van der Waals surface area contributed by atoms with Crippen molar-refractivity contribution in [3.05, 3.63) is 203 Å². The smallest absolute Gasteiger partial charge is 0.0720 e. The van der Waals surface area contributed by atoms with Gasteiger partial charge in [0.2, 0.25) is 0 Å². The maximum Gasteiger partial charge on any atom is 0.0720 e. The van der Waals surface area contributed by atoms with E-state index >= 15 is 0 Å². The molecule has 0 bridgehead atoms. The first-order chi connectivity index (χ1) is 23.7. The highest BCUT2D eigenvalue weighted by atomic mass is 15.1. The molecule has 0 saturated heterocycles. The molecule has 0 radical (unpaired) electrons. The lowest BCUT2D eigenvalue weighted by atomic mass is 9.65. The molecule has 0 amide bonds. The Morgan fingerprint density at radius 2 is 1.17 bits per heavy atom. The number of rotatable bonds is 5. The van der Waals surface area contributed by atoms with Crippen molar-refractivity contribution in [3.63, 3.8) is 0 Å². The van der Waals surface area contributed by atoms with Gasteiger partial charge in [-0.25, -0.2) is 0 Å². The largest absolute Gasteiger partial charge is 0.310 e. The lowest BCUT2D eigenvalue weighted by Gasteiger charge is -2.36. The number of allylic oxidation sites excluding steroid dienone is 1. The van der Waals surface area contributed by atoms with Crippen molar-refractivity contribution in [1.82, 2.24) is 0 Å². The van der Waals surface area contributed by atoms with Crippen LogP contribution in [0.4, 0.5) is 17.1 Å². The van der Waals surface area contributed by atoms with E-state index in [0.717, 1.165) is 23.5 Å². The summed E-state index contributed by atoms with van der Waals surface area (Å²) in [5, 5.41) is 2.69. The van der Waals surface area contributed by atoms with E-state index in [1.807, 2.05) is 0 Å². The number of hydrogen-bond donors (Lipinski definition) is 0. The van der Waals surface area contributed by atoms with Crippen LogP contribution in [0.2, 0.25) is 0 Å². The summed E-state index contributed by atoms with van der Waals surface area (Å²) < 4.78 is 0. The Balaban J connectivity index is 1.46. The lowest BCUT2D eigenvalue weighted by molar-refractivity contribution is 0.760. The van der Waals surface area contributed by atoms with Crippen LogP contribution in [-0.2, 0) is 5.41 Å². The summed E-state index contributed by atoms with van der Waals surface area (Å²) >= 11 is 0. The van der Waals surface area contributed by atoms with E-state index in [0.29, 0.717) is 5.92 Å². The normalized spacial score (nSPS) is 15.5. The first kappa shape index (κ1) is 28.6. The highest BCUT2D eigenvalue weighted by Crippen LogP contribution is 2.62. The predicted molar refractivity (Wildman–Crippen MR) is 203 cm³/mol. The van der Waals surface area contributed by atoms with Gasteiger partial charge in [0, 0.05) is 17.1 Å². The fourth-order valence-corrected chi connectivity index (χ4v) is 8.59. The van der Waals surface area contributed by atoms with E-state index in [4.69, 9.17) is 0 Å². The van der Waals surface area contributed by atoms with Crippen LogP contribution in [0.25, 0.3) is 28.0 Å². The molecule has 7 aromatic carbocycles. The molecule has 0 aliphatic heterocycles. The highest BCUT2D eigenvalue weighted by molar-refractivity contribution is 6.07. The standard InChI is InChI=1S/C47H37N/c1-32-26-28-40-42(30-32)39-25-15-16-33(2)44(39)45-41-29-27-38(48(36-21-11-5-12-22-36)37-23-13-6-14-24-37)31-43(41)47(46(40)45,34-17-7-3-8-18-34)35-19-9-4-10-20-35/h3-15,17-31,33H,16H2,1-2H3. The topological polar surface area (TPSA) is 3.24 Å². The minimum atomic E-state index is -0.522. The molecule has 48 heavy (non-hydrogen) atoms. The van der Waals surface area contributed by atoms with Crippen molar-refractivity contribution >= 4 is 33.9 Å². The van der Waals surface area contributed by atoms with E-state index in [9.17, 15) is 0 Å². The molecule has 0 fully saturated rings. The highest BCUT2D eigenvalue weighted by Gasteiger charge is 2.49. The molecule has 9 rings (SSSR count). The summed E-state index contributed by atoms with van der Waals surface area (Å²) in [6.07, 6.45) is 5.81. The molecule has 1 atom stereocenters. The van der Waals surface area contributed by atoms with Gasteiger partial charge in [-0.3, -0.25) is 0 Å². The van der Waals surface area contributed by atoms with Crippen LogP contribution in [0.1, 0.15) is 58.2 Å². The van der Waals surface area contributed by atoms with E-state index in [-0.39, 0.29) is 0 Å². The number of para-hydroxylation sites is 2. The number of aryl methyl sites for hydroxylation is 1. The number of anilines is 3. The lowest BCUT2D eigenvalue weighted by Crippen LogP contribution is -2.29. The van der Waals surface area contributed by atoms with Crippen molar-refractivity contribution in [2.45, 2.75) is 31.6 Å². The van der Waals surface area contributed by atoms with Gasteiger partial charge in [-0.05, 0) is 111 Å². The summed E-state index contributed by atoms with van der Waals surface area (Å²) in [6.45, 7) is 4.63. The van der Waals surface area contributed by atoms with Crippen LogP contribution in [0.5, 0.6) is 0 Å². The van der Waals surface area contributed by atoms with Gasteiger partial charge in [-0.2, -0.15) is 0 Å². The van der Waals surface area contributed by atoms with Crippen molar-refractivity contribution in [3.8, 4) is 11.1 Å². The Kier molecular flexibility index (Phi) is 6.69. The molecular formula is C47H37N. The summed E-state index contributed by atoms with van der Waals surface area (Å²) in [7, 11) is 0. The molecule has 7 aromatic rings. The number of fused-ring (bicyclic) bond motifs is 8. The Morgan fingerprint density at radius 1 is 0.583 bits per heavy atom. The molecule has 0 N–H and O–H groups in total. The molecule has 0 heterocycles. The Morgan fingerprint density at radius 3 is 1.77 bits per heavy atom. The van der Waals surface area contributed by atoms with Gasteiger partial charge in [0.25, 0.3) is 0 Å². The Hall–Kier alpha value is -5.66. The minimum Gasteiger partial charge on any atom is -0.310 e. The van der Waals surface area contributed by atoms with Crippen molar-refractivity contribution < 1.29 is 0 Å². The second-order valence-corrected chi connectivity index (χ2v) is 13.4.